The van der Waals surface area contributed by atoms with Crippen molar-refractivity contribution < 1.29 is 14.4 Å². The van der Waals surface area contributed by atoms with Gasteiger partial charge in [0.05, 0.1) is 16.6 Å². The second-order valence-corrected chi connectivity index (χ2v) is 6.23. The second kappa shape index (κ2) is 7.33. The standard InChI is InChI=1S/C16H20N4O4/c1-11(5-4-6-15-16(2,3)24-15)10-23-14-8-7-12(18-19-17)9-13(14)20(21)22/h5,7-9,15H,4,6,10H2,1-3H3/b11-5+. The van der Waals surface area contributed by atoms with E-state index >= 15 is 0 Å². The lowest BCUT2D eigenvalue weighted by Crippen LogP contribution is -2.03. The Hall–Kier alpha value is -2.57. The van der Waals surface area contributed by atoms with E-state index in [2.05, 4.69) is 29.9 Å². The first kappa shape index (κ1) is 17.8. The predicted octanol–water partition coefficient (Wildman–Crippen LogP) is 4.82. The molecular weight excluding hydrogens is 312 g/mol. The van der Waals surface area contributed by atoms with E-state index in [-0.39, 0.29) is 29.3 Å². The van der Waals surface area contributed by atoms with Crippen LogP contribution in [0.1, 0.15) is 33.6 Å². The fourth-order valence-electron chi connectivity index (χ4n) is 2.36. The van der Waals surface area contributed by atoms with Gasteiger partial charge in [0, 0.05) is 16.7 Å². The summed E-state index contributed by atoms with van der Waals surface area (Å²) in [7, 11) is 0. The Kier molecular flexibility index (Phi) is 5.43. The minimum atomic E-state index is -0.558. The van der Waals surface area contributed by atoms with Gasteiger partial charge in [-0.25, -0.2) is 0 Å². The minimum absolute atomic E-state index is 0.00743. The average Bonchev–Trinajstić information content (AvgIpc) is 3.13. The third-order valence-corrected chi connectivity index (χ3v) is 3.84. The van der Waals surface area contributed by atoms with Crippen molar-refractivity contribution in [2.45, 2.75) is 45.3 Å². The number of rotatable bonds is 8. The summed E-state index contributed by atoms with van der Waals surface area (Å²) in [6, 6.07) is 4.12. The fraction of sp³-hybridized carbons (Fsp3) is 0.500. The van der Waals surface area contributed by atoms with Crippen molar-refractivity contribution in [3.63, 3.8) is 0 Å². The Labute approximate surface area is 139 Å². The van der Waals surface area contributed by atoms with Crippen molar-refractivity contribution in [2.75, 3.05) is 6.61 Å². The van der Waals surface area contributed by atoms with Crippen molar-refractivity contribution in [3.8, 4) is 5.75 Å². The molecule has 0 aromatic heterocycles. The number of nitro benzene ring substituents is 1. The summed E-state index contributed by atoms with van der Waals surface area (Å²) in [6.07, 6.45) is 4.18. The summed E-state index contributed by atoms with van der Waals surface area (Å²) < 4.78 is 11.1. The normalized spacial score (nSPS) is 18.6. The molecule has 1 fully saturated rings. The number of azide groups is 1. The summed E-state index contributed by atoms with van der Waals surface area (Å²) >= 11 is 0. The Morgan fingerprint density at radius 2 is 2.29 bits per heavy atom. The molecule has 1 atom stereocenters. The lowest BCUT2D eigenvalue weighted by molar-refractivity contribution is -0.385. The minimum Gasteiger partial charge on any atom is -0.482 e. The van der Waals surface area contributed by atoms with Crippen LogP contribution in [0.2, 0.25) is 0 Å². The van der Waals surface area contributed by atoms with Gasteiger partial charge in [0.15, 0.2) is 5.75 Å². The molecular formula is C16H20N4O4. The van der Waals surface area contributed by atoms with Crippen LogP contribution in [0.4, 0.5) is 11.4 Å². The molecule has 0 aliphatic carbocycles. The molecule has 1 aromatic carbocycles. The number of epoxide rings is 1. The van der Waals surface area contributed by atoms with E-state index in [1.807, 2.05) is 6.92 Å². The van der Waals surface area contributed by atoms with Gasteiger partial charge in [-0.1, -0.05) is 11.2 Å². The molecule has 8 nitrogen and oxygen atoms in total. The smallest absolute Gasteiger partial charge is 0.311 e. The van der Waals surface area contributed by atoms with Crippen LogP contribution in [0.25, 0.3) is 10.4 Å². The van der Waals surface area contributed by atoms with Gasteiger partial charge in [-0.2, -0.15) is 0 Å². The Bertz CT molecular complexity index is 708. The van der Waals surface area contributed by atoms with E-state index in [1.54, 1.807) is 0 Å². The molecule has 0 spiro atoms. The van der Waals surface area contributed by atoms with E-state index in [9.17, 15) is 10.1 Å². The van der Waals surface area contributed by atoms with Crippen LogP contribution in [0.3, 0.4) is 0 Å². The highest BCUT2D eigenvalue weighted by molar-refractivity contribution is 5.55. The number of hydrogen-bond donors (Lipinski definition) is 0. The zero-order valence-electron chi connectivity index (χ0n) is 13.9. The summed E-state index contributed by atoms with van der Waals surface area (Å²) in [6.45, 7) is 6.31. The molecule has 0 radical (unpaired) electrons. The maximum Gasteiger partial charge on any atom is 0.311 e. The summed E-state index contributed by atoms with van der Waals surface area (Å²) in [5.41, 5.74) is 9.33. The van der Waals surface area contributed by atoms with Gasteiger partial charge in [0.1, 0.15) is 6.61 Å². The molecule has 8 heteroatoms. The van der Waals surface area contributed by atoms with Gasteiger partial charge < -0.3 is 9.47 Å². The van der Waals surface area contributed by atoms with E-state index in [1.165, 1.54) is 18.2 Å². The first-order valence-electron chi connectivity index (χ1n) is 7.63. The molecule has 0 amide bonds. The number of hydrogen-bond acceptors (Lipinski definition) is 5. The first-order valence-corrected chi connectivity index (χ1v) is 7.63. The highest BCUT2D eigenvalue weighted by Crippen LogP contribution is 2.38. The molecule has 2 rings (SSSR count). The highest BCUT2D eigenvalue weighted by Gasteiger charge is 2.46. The van der Waals surface area contributed by atoms with Crippen LogP contribution in [-0.4, -0.2) is 23.2 Å². The molecule has 0 bridgehead atoms. The highest BCUT2D eigenvalue weighted by atomic mass is 16.6. The lowest BCUT2D eigenvalue weighted by atomic mass is 10.1. The number of ether oxygens (including phenoxy) is 2. The molecule has 1 aliphatic rings. The molecule has 0 saturated carbocycles. The van der Waals surface area contributed by atoms with Crippen molar-refractivity contribution in [1.82, 2.24) is 0 Å². The largest absolute Gasteiger partial charge is 0.482 e. The second-order valence-electron chi connectivity index (χ2n) is 6.23. The summed E-state index contributed by atoms with van der Waals surface area (Å²) in [4.78, 5) is 13.2. The maximum absolute atomic E-state index is 11.1. The molecule has 1 saturated heterocycles. The molecule has 24 heavy (non-hydrogen) atoms. The zero-order valence-corrected chi connectivity index (χ0v) is 13.9. The first-order chi connectivity index (χ1) is 11.3. The van der Waals surface area contributed by atoms with Gasteiger partial charge in [0.2, 0.25) is 0 Å². The molecule has 128 valence electrons. The Morgan fingerprint density at radius 3 is 2.88 bits per heavy atom. The molecule has 1 aliphatic heterocycles. The van der Waals surface area contributed by atoms with Crippen molar-refractivity contribution in [1.29, 1.82) is 0 Å². The SMILES string of the molecule is C/C(=C\CCC1OC1(C)C)COc1ccc(N=[N+]=[N-])cc1[N+](=O)[O-]. The number of nitrogens with zero attached hydrogens (tertiary/aromatic N) is 4. The topological polar surface area (TPSA) is 114 Å². The van der Waals surface area contributed by atoms with E-state index in [4.69, 9.17) is 15.0 Å². The third kappa shape index (κ3) is 4.71. The van der Waals surface area contributed by atoms with Crippen LogP contribution in [-0.2, 0) is 4.74 Å². The van der Waals surface area contributed by atoms with Gasteiger partial charge in [-0.15, -0.1) is 0 Å². The Balaban J connectivity index is 1.92. The molecule has 1 heterocycles. The predicted molar refractivity (Wildman–Crippen MR) is 89.3 cm³/mol. The van der Waals surface area contributed by atoms with E-state index < -0.39 is 4.92 Å². The van der Waals surface area contributed by atoms with Gasteiger partial charge in [-0.3, -0.25) is 10.1 Å². The maximum atomic E-state index is 11.1. The summed E-state index contributed by atoms with van der Waals surface area (Å²) in [5.74, 6) is 0.149. The number of nitro groups is 1. The van der Waals surface area contributed by atoms with Crippen molar-refractivity contribution in [3.05, 3.63) is 50.4 Å². The van der Waals surface area contributed by atoms with Crippen molar-refractivity contribution in [2.24, 2.45) is 5.11 Å². The van der Waals surface area contributed by atoms with Crippen LogP contribution in [0.5, 0.6) is 5.75 Å². The summed E-state index contributed by atoms with van der Waals surface area (Å²) in [5, 5.41) is 14.5. The van der Waals surface area contributed by atoms with Crippen LogP contribution in [0.15, 0.2) is 35.0 Å². The fourth-order valence-corrected chi connectivity index (χ4v) is 2.36. The molecule has 1 unspecified atom stereocenters. The number of allylic oxidation sites excluding steroid dienone is 1. The third-order valence-electron chi connectivity index (χ3n) is 3.84. The van der Waals surface area contributed by atoms with Gasteiger partial charge in [0.25, 0.3) is 0 Å². The van der Waals surface area contributed by atoms with Crippen LogP contribution >= 0.6 is 0 Å². The zero-order chi connectivity index (χ0) is 17.7. The van der Waals surface area contributed by atoms with Crippen LogP contribution < -0.4 is 4.74 Å². The van der Waals surface area contributed by atoms with Gasteiger partial charge >= 0.3 is 5.69 Å². The molecule has 0 N–H and O–H groups in total. The molecule has 1 aromatic rings. The van der Waals surface area contributed by atoms with E-state index in [0.29, 0.717) is 6.10 Å². The van der Waals surface area contributed by atoms with Crippen molar-refractivity contribution >= 4 is 11.4 Å². The van der Waals surface area contributed by atoms with Crippen LogP contribution in [0, 0.1) is 10.1 Å². The lowest BCUT2D eigenvalue weighted by Gasteiger charge is -2.07. The van der Waals surface area contributed by atoms with E-state index in [0.717, 1.165) is 18.4 Å². The monoisotopic (exact) mass is 332 g/mol. The Morgan fingerprint density at radius 1 is 1.58 bits per heavy atom. The average molecular weight is 332 g/mol. The van der Waals surface area contributed by atoms with Gasteiger partial charge in [-0.05, 0) is 56.8 Å². The quantitative estimate of drug-likeness (QED) is 0.129. The number of benzene rings is 1.